The number of carbonyl (C=O) groups excluding carboxylic acids is 1. The topological polar surface area (TPSA) is 41.4 Å². The van der Waals surface area contributed by atoms with Crippen LogP contribution in [0.5, 0.6) is 0 Å². The molecule has 162 valence electrons. The Morgan fingerprint density at radius 3 is 2.31 bits per heavy atom. The average Bonchev–Trinajstić information content (AvgIpc) is 3.11. The Bertz CT molecular complexity index is 1280. The van der Waals surface area contributed by atoms with E-state index in [4.69, 9.17) is 23.2 Å². The fourth-order valence-electron chi connectivity index (χ4n) is 4.41. The van der Waals surface area contributed by atoms with Gasteiger partial charge in [-0.05, 0) is 48.0 Å². The number of halogens is 2. The first-order valence-corrected chi connectivity index (χ1v) is 11.3. The number of pyridine rings is 1. The maximum absolute atomic E-state index is 13.8. The van der Waals surface area contributed by atoms with Crippen LogP contribution in [0.1, 0.15) is 10.5 Å². The van der Waals surface area contributed by atoms with Gasteiger partial charge in [-0.15, -0.1) is 0 Å². The number of fused-ring (bicyclic) bond motifs is 1. The minimum atomic E-state index is 0.0189. The van der Waals surface area contributed by atoms with Gasteiger partial charge in [0, 0.05) is 65.9 Å². The molecule has 0 N–H and O–H groups in total. The minimum Gasteiger partial charge on any atom is -0.353 e. The first kappa shape index (κ1) is 20.9. The molecule has 1 aliphatic heterocycles. The van der Waals surface area contributed by atoms with Crippen molar-refractivity contribution in [2.45, 2.75) is 0 Å². The number of carbonyl (C=O) groups is 1. The molecule has 1 aliphatic rings. The molecule has 5 rings (SSSR count). The molecule has 4 aromatic rings. The standard InChI is InChI=1S/C25H22Cl2N4O/c1-29-21-10-9-19(27)16-20(21)23(17-5-7-18(26)8-6-17)24(29)25(32)31-14-12-30(13-15-31)22-4-2-3-11-28-22/h2-11,16H,12-15H2,1H3. The number of anilines is 1. The molecule has 2 aromatic heterocycles. The fourth-order valence-corrected chi connectivity index (χ4v) is 4.70. The zero-order valence-corrected chi connectivity index (χ0v) is 19.1. The fraction of sp³-hybridized carbons (Fsp3) is 0.200. The van der Waals surface area contributed by atoms with Crippen molar-refractivity contribution >= 4 is 45.8 Å². The van der Waals surface area contributed by atoms with Crippen LogP contribution in [0.3, 0.4) is 0 Å². The average molecular weight is 465 g/mol. The molecule has 0 radical (unpaired) electrons. The molecule has 1 fully saturated rings. The smallest absolute Gasteiger partial charge is 0.271 e. The molecule has 1 amide bonds. The quantitative estimate of drug-likeness (QED) is 0.401. The highest BCUT2D eigenvalue weighted by Crippen LogP contribution is 2.37. The number of hydrogen-bond acceptors (Lipinski definition) is 3. The van der Waals surface area contributed by atoms with Crippen molar-refractivity contribution < 1.29 is 4.79 Å². The van der Waals surface area contributed by atoms with E-state index in [1.807, 2.05) is 77.2 Å². The molecule has 0 aliphatic carbocycles. The van der Waals surface area contributed by atoms with E-state index in [2.05, 4.69) is 9.88 Å². The molecule has 0 spiro atoms. The summed E-state index contributed by atoms with van der Waals surface area (Å²) in [5.41, 5.74) is 3.46. The van der Waals surface area contributed by atoms with Gasteiger partial charge in [0.25, 0.3) is 5.91 Å². The number of amides is 1. The van der Waals surface area contributed by atoms with Gasteiger partial charge in [0.05, 0.1) is 0 Å². The van der Waals surface area contributed by atoms with Crippen molar-refractivity contribution in [2.75, 3.05) is 31.1 Å². The molecule has 5 nitrogen and oxygen atoms in total. The number of hydrogen-bond donors (Lipinski definition) is 0. The first-order chi connectivity index (χ1) is 15.5. The molecular formula is C25H22Cl2N4O. The number of benzene rings is 2. The largest absolute Gasteiger partial charge is 0.353 e. The monoisotopic (exact) mass is 464 g/mol. The third-order valence-electron chi connectivity index (χ3n) is 6.04. The Morgan fingerprint density at radius 2 is 1.62 bits per heavy atom. The van der Waals surface area contributed by atoms with Gasteiger partial charge in [-0.2, -0.15) is 0 Å². The predicted octanol–water partition coefficient (Wildman–Crippen LogP) is 5.51. The summed E-state index contributed by atoms with van der Waals surface area (Å²) in [6, 6.07) is 19.2. The summed E-state index contributed by atoms with van der Waals surface area (Å²) < 4.78 is 1.98. The van der Waals surface area contributed by atoms with E-state index >= 15 is 0 Å². The Hall–Kier alpha value is -3.02. The van der Waals surface area contributed by atoms with Crippen LogP contribution in [0, 0.1) is 0 Å². The van der Waals surface area contributed by atoms with Crippen molar-refractivity contribution in [1.82, 2.24) is 14.5 Å². The lowest BCUT2D eigenvalue weighted by atomic mass is 10.0. The van der Waals surface area contributed by atoms with Crippen molar-refractivity contribution in [3.63, 3.8) is 0 Å². The number of nitrogens with zero attached hydrogens (tertiary/aromatic N) is 4. The van der Waals surface area contributed by atoms with E-state index in [1.165, 1.54) is 0 Å². The van der Waals surface area contributed by atoms with Crippen LogP contribution in [0.15, 0.2) is 66.9 Å². The molecule has 0 atom stereocenters. The van der Waals surface area contributed by atoms with Gasteiger partial charge in [-0.25, -0.2) is 4.98 Å². The second-order valence-corrected chi connectivity index (χ2v) is 8.79. The lowest BCUT2D eigenvalue weighted by Crippen LogP contribution is -2.49. The highest BCUT2D eigenvalue weighted by Gasteiger charge is 2.29. The molecule has 2 aromatic carbocycles. The molecule has 32 heavy (non-hydrogen) atoms. The molecule has 0 saturated carbocycles. The van der Waals surface area contributed by atoms with E-state index in [9.17, 15) is 4.79 Å². The summed E-state index contributed by atoms with van der Waals surface area (Å²) in [4.78, 5) is 22.4. The summed E-state index contributed by atoms with van der Waals surface area (Å²) in [6.45, 7) is 2.76. The molecule has 7 heteroatoms. The molecular weight excluding hydrogens is 443 g/mol. The Kier molecular flexibility index (Phi) is 5.53. The zero-order chi connectivity index (χ0) is 22.2. The summed E-state index contributed by atoms with van der Waals surface area (Å²) in [5, 5.41) is 2.25. The normalized spacial score (nSPS) is 14.2. The van der Waals surface area contributed by atoms with Gasteiger partial charge in [-0.3, -0.25) is 4.79 Å². The highest BCUT2D eigenvalue weighted by atomic mass is 35.5. The maximum Gasteiger partial charge on any atom is 0.271 e. The number of aryl methyl sites for hydroxylation is 1. The number of aromatic nitrogens is 2. The van der Waals surface area contributed by atoms with Crippen LogP contribution in [0.2, 0.25) is 10.0 Å². The van der Waals surface area contributed by atoms with Crippen molar-refractivity contribution in [2.24, 2.45) is 7.05 Å². The third kappa shape index (κ3) is 3.72. The van der Waals surface area contributed by atoms with Gasteiger partial charge < -0.3 is 14.4 Å². The highest BCUT2D eigenvalue weighted by molar-refractivity contribution is 6.32. The van der Waals surface area contributed by atoms with Crippen LogP contribution < -0.4 is 4.90 Å². The number of piperazine rings is 1. The second-order valence-electron chi connectivity index (χ2n) is 7.92. The van der Waals surface area contributed by atoms with E-state index in [-0.39, 0.29) is 5.91 Å². The molecule has 0 bridgehead atoms. The lowest BCUT2D eigenvalue weighted by molar-refractivity contribution is 0.0738. The van der Waals surface area contributed by atoms with E-state index in [0.717, 1.165) is 40.9 Å². The zero-order valence-electron chi connectivity index (χ0n) is 17.6. The Labute approximate surface area is 196 Å². The van der Waals surface area contributed by atoms with Crippen LogP contribution in [-0.4, -0.2) is 46.5 Å². The van der Waals surface area contributed by atoms with Crippen LogP contribution in [0.25, 0.3) is 22.0 Å². The third-order valence-corrected chi connectivity index (χ3v) is 6.52. The Morgan fingerprint density at radius 1 is 0.906 bits per heavy atom. The summed E-state index contributed by atoms with van der Waals surface area (Å²) in [5.74, 6) is 0.964. The van der Waals surface area contributed by atoms with Crippen LogP contribution >= 0.6 is 23.2 Å². The van der Waals surface area contributed by atoms with Crippen molar-refractivity contribution in [3.8, 4) is 11.1 Å². The minimum absolute atomic E-state index is 0.0189. The van der Waals surface area contributed by atoms with Gasteiger partial charge in [0.2, 0.25) is 0 Å². The SMILES string of the molecule is Cn1c(C(=O)N2CCN(c3ccccn3)CC2)c(-c2ccc(Cl)cc2)c2cc(Cl)ccc21. The van der Waals surface area contributed by atoms with Gasteiger partial charge in [0.15, 0.2) is 0 Å². The van der Waals surface area contributed by atoms with Crippen molar-refractivity contribution in [1.29, 1.82) is 0 Å². The van der Waals surface area contributed by atoms with Crippen LogP contribution in [-0.2, 0) is 7.05 Å². The predicted molar refractivity (Wildman–Crippen MR) is 131 cm³/mol. The van der Waals surface area contributed by atoms with Crippen molar-refractivity contribution in [3.05, 3.63) is 82.6 Å². The van der Waals surface area contributed by atoms with E-state index in [0.29, 0.717) is 28.8 Å². The lowest BCUT2D eigenvalue weighted by Gasteiger charge is -2.35. The Balaban J connectivity index is 1.52. The molecule has 3 heterocycles. The summed E-state index contributed by atoms with van der Waals surface area (Å²) in [7, 11) is 1.94. The van der Waals surface area contributed by atoms with Crippen LogP contribution in [0.4, 0.5) is 5.82 Å². The first-order valence-electron chi connectivity index (χ1n) is 10.5. The number of rotatable bonds is 3. The molecule has 0 unspecified atom stereocenters. The maximum atomic E-state index is 13.8. The summed E-state index contributed by atoms with van der Waals surface area (Å²) in [6.07, 6.45) is 1.80. The van der Waals surface area contributed by atoms with Gasteiger partial charge >= 0.3 is 0 Å². The molecule has 1 saturated heterocycles. The summed E-state index contributed by atoms with van der Waals surface area (Å²) >= 11 is 12.5. The van der Waals surface area contributed by atoms with Gasteiger partial charge in [-0.1, -0.05) is 41.4 Å². The second kappa shape index (κ2) is 8.49. The van der Waals surface area contributed by atoms with E-state index < -0.39 is 0 Å². The van der Waals surface area contributed by atoms with Gasteiger partial charge in [0.1, 0.15) is 11.5 Å². The van der Waals surface area contributed by atoms with E-state index in [1.54, 1.807) is 6.20 Å².